The van der Waals surface area contributed by atoms with E-state index in [1.165, 1.54) is 64.2 Å². The van der Waals surface area contributed by atoms with Crippen molar-refractivity contribution in [2.45, 2.75) is 161 Å². The summed E-state index contributed by atoms with van der Waals surface area (Å²) >= 11 is 0. The van der Waals surface area contributed by atoms with Gasteiger partial charge in [-0.3, -0.25) is 9.59 Å². The zero-order chi connectivity index (χ0) is 30.8. The highest BCUT2D eigenvalue weighted by Crippen LogP contribution is 2.13. The van der Waals surface area contributed by atoms with Crippen LogP contribution in [-0.2, 0) is 19.1 Å². The summed E-state index contributed by atoms with van der Waals surface area (Å²) in [5, 5.41) is 9.50. The smallest absolute Gasteiger partial charge is 0.306 e. The van der Waals surface area contributed by atoms with E-state index in [0.717, 1.165) is 64.2 Å². The molecule has 0 amide bonds. The van der Waals surface area contributed by atoms with E-state index in [9.17, 15) is 14.7 Å². The summed E-state index contributed by atoms with van der Waals surface area (Å²) in [5.41, 5.74) is 0. The molecule has 5 heteroatoms. The topological polar surface area (TPSA) is 72.8 Å². The molecule has 0 radical (unpaired) electrons. The highest BCUT2D eigenvalue weighted by atomic mass is 16.6. The molecule has 42 heavy (non-hydrogen) atoms. The maximum atomic E-state index is 12.1. The van der Waals surface area contributed by atoms with Gasteiger partial charge in [-0.2, -0.15) is 0 Å². The fourth-order valence-electron chi connectivity index (χ4n) is 4.54. The number of unbranched alkanes of at least 4 members (excludes halogenated alkanes) is 14. The Morgan fingerprint density at radius 3 is 1.55 bits per heavy atom. The molecule has 0 aromatic heterocycles. The van der Waals surface area contributed by atoms with Gasteiger partial charge in [-0.05, 0) is 51.4 Å². The van der Waals surface area contributed by atoms with Crippen molar-refractivity contribution in [1.82, 2.24) is 0 Å². The zero-order valence-corrected chi connectivity index (χ0v) is 27.2. The number of carbonyl (C=O) groups excluding carboxylic acids is 2. The predicted molar refractivity (Wildman–Crippen MR) is 177 cm³/mol. The third-order valence-electron chi connectivity index (χ3n) is 7.14. The molecule has 0 spiro atoms. The third kappa shape index (κ3) is 30.8. The van der Waals surface area contributed by atoms with Crippen molar-refractivity contribution >= 4 is 11.9 Å². The molecular weight excluding hydrogens is 524 g/mol. The van der Waals surface area contributed by atoms with Gasteiger partial charge in [-0.1, -0.05) is 140 Å². The van der Waals surface area contributed by atoms with Crippen molar-refractivity contribution in [2.75, 3.05) is 13.2 Å². The van der Waals surface area contributed by atoms with Crippen LogP contribution in [0.4, 0.5) is 0 Å². The molecule has 0 heterocycles. The van der Waals surface area contributed by atoms with Crippen LogP contribution in [0, 0.1) is 0 Å². The standard InChI is InChI=1S/C37H64O5/c1-3-5-7-9-11-13-15-17-18-20-22-24-26-28-30-32-37(40)42-35(33-38)34-41-36(39)31-29-27-25-23-21-19-16-14-12-10-8-6-4-2/h5,7,11,13,17-18,22,24,35,38H,3-4,6,8-10,12,14-16,19-21,23,25-34H2,1-2H3/t35-/m0/s1. The predicted octanol–water partition coefficient (Wildman–Crippen LogP) is 10.3. The van der Waals surface area contributed by atoms with Gasteiger partial charge in [-0.25, -0.2) is 0 Å². The molecule has 5 nitrogen and oxygen atoms in total. The molecule has 1 N–H and O–H groups in total. The van der Waals surface area contributed by atoms with Crippen molar-refractivity contribution in [3.05, 3.63) is 48.6 Å². The van der Waals surface area contributed by atoms with Crippen molar-refractivity contribution in [3.63, 3.8) is 0 Å². The number of aliphatic hydroxyl groups excluding tert-OH is 1. The molecule has 0 rings (SSSR count). The minimum absolute atomic E-state index is 0.0819. The van der Waals surface area contributed by atoms with Gasteiger partial charge in [0.1, 0.15) is 6.61 Å². The molecular formula is C37H64O5. The first kappa shape index (κ1) is 39.9. The molecule has 0 aliphatic rings. The maximum Gasteiger partial charge on any atom is 0.306 e. The van der Waals surface area contributed by atoms with Gasteiger partial charge in [0, 0.05) is 12.8 Å². The number of ether oxygens (including phenoxy) is 2. The van der Waals surface area contributed by atoms with E-state index in [4.69, 9.17) is 9.47 Å². The fourth-order valence-corrected chi connectivity index (χ4v) is 4.54. The molecule has 0 aromatic rings. The van der Waals surface area contributed by atoms with Gasteiger partial charge in [0.25, 0.3) is 0 Å². The number of hydrogen-bond acceptors (Lipinski definition) is 5. The summed E-state index contributed by atoms with van der Waals surface area (Å²) < 4.78 is 10.5. The molecule has 242 valence electrons. The highest BCUT2D eigenvalue weighted by Gasteiger charge is 2.16. The molecule has 0 aliphatic heterocycles. The Bertz CT molecular complexity index is 722. The van der Waals surface area contributed by atoms with Crippen molar-refractivity contribution in [2.24, 2.45) is 0 Å². The summed E-state index contributed by atoms with van der Waals surface area (Å²) in [6, 6.07) is 0. The summed E-state index contributed by atoms with van der Waals surface area (Å²) in [6.07, 6.45) is 40.2. The average molecular weight is 589 g/mol. The lowest BCUT2D eigenvalue weighted by atomic mass is 10.0. The largest absolute Gasteiger partial charge is 0.462 e. The minimum atomic E-state index is -0.789. The quantitative estimate of drug-likeness (QED) is 0.0513. The second-order valence-corrected chi connectivity index (χ2v) is 11.2. The molecule has 0 fully saturated rings. The first-order valence-electron chi connectivity index (χ1n) is 17.2. The first-order chi connectivity index (χ1) is 20.6. The number of rotatable bonds is 30. The van der Waals surface area contributed by atoms with Crippen LogP contribution in [0.25, 0.3) is 0 Å². The zero-order valence-electron chi connectivity index (χ0n) is 27.2. The van der Waals surface area contributed by atoms with Crippen molar-refractivity contribution < 1.29 is 24.2 Å². The van der Waals surface area contributed by atoms with Crippen LogP contribution in [-0.4, -0.2) is 36.4 Å². The number of aliphatic hydroxyl groups is 1. The van der Waals surface area contributed by atoms with Crippen LogP contribution in [0.15, 0.2) is 48.6 Å². The molecule has 0 bridgehead atoms. The normalized spacial score (nSPS) is 12.7. The van der Waals surface area contributed by atoms with Crippen LogP contribution < -0.4 is 0 Å². The van der Waals surface area contributed by atoms with Crippen LogP contribution >= 0.6 is 0 Å². The van der Waals surface area contributed by atoms with E-state index >= 15 is 0 Å². The lowest BCUT2D eigenvalue weighted by Gasteiger charge is -2.15. The monoisotopic (exact) mass is 588 g/mol. The number of allylic oxidation sites excluding steroid dienone is 8. The van der Waals surface area contributed by atoms with E-state index in [0.29, 0.717) is 12.8 Å². The van der Waals surface area contributed by atoms with E-state index in [1.54, 1.807) is 0 Å². The molecule has 0 saturated carbocycles. The maximum absolute atomic E-state index is 12.1. The molecule has 0 aliphatic carbocycles. The van der Waals surface area contributed by atoms with Crippen molar-refractivity contribution in [3.8, 4) is 0 Å². The van der Waals surface area contributed by atoms with Crippen LogP contribution in [0.2, 0.25) is 0 Å². The van der Waals surface area contributed by atoms with E-state index in [2.05, 4.69) is 62.5 Å². The van der Waals surface area contributed by atoms with Gasteiger partial charge < -0.3 is 14.6 Å². The Hall–Kier alpha value is -2.14. The fraction of sp³-hybridized carbons (Fsp3) is 0.730. The lowest BCUT2D eigenvalue weighted by Crippen LogP contribution is -2.28. The Morgan fingerprint density at radius 1 is 0.571 bits per heavy atom. The SMILES string of the molecule is CCC=CCC=CCC=CCC=CCCCCC(=O)O[C@@H](CO)COC(=O)CCCCCCCCCCCCCCC. The minimum Gasteiger partial charge on any atom is -0.462 e. The Kier molecular flexibility index (Phi) is 31.7. The Labute approximate surface area is 258 Å². The van der Waals surface area contributed by atoms with E-state index in [-0.39, 0.29) is 25.2 Å². The highest BCUT2D eigenvalue weighted by molar-refractivity contribution is 5.70. The van der Waals surface area contributed by atoms with Gasteiger partial charge in [0.2, 0.25) is 0 Å². The molecule has 0 saturated heterocycles. The lowest BCUT2D eigenvalue weighted by molar-refractivity contribution is -0.161. The number of esters is 2. The van der Waals surface area contributed by atoms with Gasteiger partial charge in [-0.15, -0.1) is 0 Å². The van der Waals surface area contributed by atoms with Crippen LogP contribution in [0.1, 0.15) is 155 Å². The van der Waals surface area contributed by atoms with Gasteiger partial charge >= 0.3 is 11.9 Å². The summed E-state index contributed by atoms with van der Waals surface area (Å²) in [5.74, 6) is -0.641. The number of carbonyl (C=O) groups is 2. The molecule has 0 unspecified atom stereocenters. The first-order valence-corrected chi connectivity index (χ1v) is 17.2. The van der Waals surface area contributed by atoms with Crippen molar-refractivity contribution in [1.29, 1.82) is 0 Å². The average Bonchev–Trinajstić information content (AvgIpc) is 2.99. The van der Waals surface area contributed by atoms with Gasteiger partial charge in [0.15, 0.2) is 6.10 Å². The second kappa shape index (κ2) is 33.4. The van der Waals surface area contributed by atoms with E-state index in [1.807, 2.05) is 0 Å². The summed E-state index contributed by atoms with van der Waals surface area (Å²) in [7, 11) is 0. The summed E-state index contributed by atoms with van der Waals surface area (Å²) in [6.45, 7) is 3.97. The Balaban J connectivity index is 3.67. The molecule has 0 aromatic carbocycles. The third-order valence-corrected chi connectivity index (χ3v) is 7.14. The van der Waals surface area contributed by atoms with Gasteiger partial charge in [0.05, 0.1) is 6.61 Å². The summed E-state index contributed by atoms with van der Waals surface area (Å²) in [4.78, 5) is 24.1. The number of hydrogen-bond donors (Lipinski definition) is 1. The van der Waals surface area contributed by atoms with Crippen LogP contribution in [0.5, 0.6) is 0 Å². The van der Waals surface area contributed by atoms with E-state index < -0.39 is 6.10 Å². The molecule has 1 atom stereocenters. The second-order valence-electron chi connectivity index (χ2n) is 11.2. The Morgan fingerprint density at radius 2 is 1.02 bits per heavy atom. The van der Waals surface area contributed by atoms with Crippen LogP contribution in [0.3, 0.4) is 0 Å².